The quantitative estimate of drug-likeness (QED) is 0.391. The Hall–Kier alpha value is -4.01. The Balaban J connectivity index is 1.37. The normalized spacial score (nSPS) is 12.2. The van der Waals surface area contributed by atoms with Gasteiger partial charge in [-0.2, -0.15) is 5.10 Å². The van der Waals surface area contributed by atoms with Gasteiger partial charge in [0.15, 0.2) is 0 Å². The van der Waals surface area contributed by atoms with Crippen LogP contribution in [0.5, 0.6) is 6.01 Å². The van der Waals surface area contributed by atoms with Crippen LogP contribution in [0.2, 0.25) is 0 Å². The lowest BCUT2D eigenvalue weighted by Crippen LogP contribution is -2.10. The third-order valence-corrected chi connectivity index (χ3v) is 5.66. The molecule has 0 fully saturated rings. The van der Waals surface area contributed by atoms with E-state index in [2.05, 4.69) is 68.3 Å². The number of methoxy groups -OCH3 is 1. The summed E-state index contributed by atoms with van der Waals surface area (Å²) in [6.07, 6.45) is 4.52. The number of aliphatic hydroxyl groups is 1. The molecule has 0 saturated carbocycles. The van der Waals surface area contributed by atoms with Gasteiger partial charge in [-0.1, -0.05) is 24.3 Å². The van der Waals surface area contributed by atoms with Crippen molar-refractivity contribution in [3.8, 4) is 22.8 Å². The Labute approximate surface area is 190 Å². The summed E-state index contributed by atoms with van der Waals surface area (Å²) in [6.45, 7) is 2.70. The highest BCUT2D eigenvalue weighted by atomic mass is 16.5. The fourth-order valence-corrected chi connectivity index (χ4v) is 3.93. The molecule has 0 spiro atoms. The first-order chi connectivity index (χ1) is 16.0. The van der Waals surface area contributed by atoms with Gasteiger partial charge in [0, 0.05) is 47.3 Å². The predicted octanol–water partition coefficient (Wildman–Crippen LogP) is 3.60. The maximum Gasteiger partial charge on any atom is 0.316 e. The van der Waals surface area contributed by atoms with Crippen LogP contribution in [0, 0.1) is 6.92 Å². The fraction of sp³-hybridized carbons (Fsp3) is 0.160. The monoisotopic (exact) mass is 440 g/mol. The van der Waals surface area contributed by atoms with Crippen molar-refractivity contribution < 1.29 is 9.84 Å². The van der Waals surface area contributed by atoms with Crippen molar-refractivity contribution in [1.29, 1.82) is 0 Å². The van der Waals surface area contributed by atoms with E-state index in [0.29, 0.717) is 11.7 Å². The molecule has 5 aromatic rings. The van der Waals surface area contributed by atoms with Crippen molar-refractivity contribution in [2.45, 2.75) is 19.7 Å². The highest BCUT2D eigenvalue weighted by molar-refractivity contribution is 5.82. The number of hydrogen-bond donors (Lipinski definition) is 2. The molecule has 5 rings (SSSR count). The van der Waals surface area contributed by atoms with Crippen molar-refractivity contribution in [3.05, 3.63) is 90.1 Å². The van der Waals surface area contributed by atoms with Crippen LogP contribution >= 0.6 is 0 Å². The van der Waals surface area contributed by atoms with Crippen LogP contribution in [0.15, 0.2) is 73.2 Å². The lowest BCUT2D eigenvalue weighted by atomic mass is 10.1. The molecule has 3 heterocycles. The number of rotatable bonds is 6. The van der Waals surface area contributed by atoms with Gasteiger partial charge < -0.3 is 20.1 Å². The molecule has 33 heavy (non-hydrogen) atoms. The number of ether oxygens (including phenoxy) is 1. The number of benzene rings is 2. The Morgan fingerprint density at radius 1 is 1.00 bits per heavy atom. The molecule has 8 nitrogen and oxygen atoms in total. The van der Waals surface area contributed by atoms with Crippen molar-refractivity contribution >= 4 is 10.9 Å². The highest BCUT2D eigenvalue weighted by Crippen LogP contribution is 2.24. The van der Waals surface area contributed by atoms with Crippen molar-refractivity contribution in [2.24, 2.45) is 5.73 Å². The molecule has 0 saturated heterocycles. The number of nitrogens with two attached hydrogens (primary N) is 1. The first-order valence-corrected chi connectivity index (χ1v) is 10.6. The zero-order valence-corrected chi connectivity index (χ0v) is 18.4. The SMILES string of the molecule is COc1ncc(-c2ccc(Cn3ccc4cc(-n5nc(C(N)O)cc5C)ccc43)cc2)cn1. The summed E-state index contributed by atoms with van der Waals surface area (Å²) in [5.41, 5.74) is 12.2. The second-order valence-corrected chi connectivity index (χ2v) is 7.91. The lowest BCUT2D eigenvalue weighted by Gasteiger charge is -2.09. The number of aryl methyl sites for hydroxylation is 1. The number of aromatic nitrogens is 5. The van der Waals surface area contributed by atoms with Crippen LogP contribution in [0.3, 0.4) is 0 Å². The molecule has 0 amide bonds. The fourth-order valence-electron chi connectivity index (χ4n) is 3.93. The van der Waals surface area contributed by atoms with E-state index in [1.807, 2.05) is 13.0 Å². The molecular weight excluding hydrogens is 416 g/mol. The lowest BCUT2D eigenvalue weighted by molar-refractivity contribution is 0.181. The molecule has 8 heteroatoms. The van der Waals surface area contributed by atoms with Crippen molar-refractivity contribution in [2.75, 3.05) is 7.11 Å². The smallest absolute Gasteiger partial charge is 0.316 e. The van der Waals surface area contributed by atoms with Gasteiger partial charge in [0.05, 0.1) is 12.8 Å². The zero-order chi connectivity index (χ0) is 22.9. The minimum atomic E-state index is -1.08. The van der Waals surface area contributed by atoms with E-state index in [1.54, 1.807) is 30.3 Å². The molecule has 1 atom stereocenters. The summed E-state index contributed by atoms with van der Waals surface area (Å²) in [5.74, 6) is 0. The average molecular weight is 441 g/mol. The average Bonchev–Trinajstić information content (AvgIpc) is 3.43. The molecule has 0 radical (unpaired) electrons. The van der Waals surface area contributed by atoms with E-state index in [1.165, 1.54) is 5.56 Å². The Morgan fingerprint density at radius 3 is 2.42 bits per heavy atom. The molecule has 166 valence electrons. The first-order valence-electron chi connectivity index (χ1n) is 10.6. The van der Waals surface area contributed by atoms with Crippen molar-refractivity contribution in [3.63, 3.8) is 0 Å². The first kappa shape index (κ1) is 20.9. The van der Waals surface area contributed by atoms with Gasteiger partial charge in [-0.15, -0.1) is 0 Å². The Bertz CT molecular complexity index is 1400. The predicted molar refractivity (Wildman–Crippen MR) is 126 cm³/mol. The molecule has 0 aliphatic heterocycles. The number of fused-ring (bicyclic) bond motifs is 1. The van der Waals surface area contributed by atoms with Gasteiger partial charge in [0.25, 0.3) is 0 Å². The van der Waals surface area contributed by atoms with Crippen LogP contribution in [0.4, 0.5) is 0 Å². The topological polar surface area (TPSA) is 104 Å². The highest BCUT2D eigenvalue weighted by Gasteiger charge is 2.12. The number of aliphatic hydroxyl groups excluding tert-OH is 1. The van der Waals surface area contributed by atoms with Gasteiger partial charge in [0.2, 0.25) is 0 Å². The third kappa shape index (κ3) is 4.09. The van der Waals surface area contributed by atoms with E-state index < -0.39 is 6.23 Å². The van der Waals surface area contributed by atoms with E-state index in [0.717, 1.165) is 40.0 Å². The maximum atomic E-state index is 9.61. The van der Waals surface area contributed by atoms with Crippen molar-refractivity contribution in [1.82, 2.24) is 24.3 Å². The van der Waals surface area contributed by atoms with Crippen LogP contribution in [-0.4, -0.2) is 36.5 Å². The Morgan fingerprint density at radius 2 is 1.76 bits per heavy atom. The number of hydrogen-bond acceptors (Lipinski definition) is 6. The summed E-state index contributed by atoms with van der Waals surface area (Å²) < 4.78 is 9.04. The van der Waals surface area contributed by atoms with Crippen LogP contribution in [0.25, 0.3) is 27.7 Å². The number of nitrogens with zero attached hydrogens (tertiary/aromatic N) is 5. The van der Waals surface area contributed by atoms with E-state index in [4.69, 9.17) is 10.5 Å². The largest absolute Gasteiger partial charge is 0.467 e. The van der Waals surface area contributed by atoms with Gasteiger partial charge in [-0.05, 0) is 48.4 Å². The summed E-state index contributed by atoms with van der Waals surface area (Å²) in [6, 6.07) is 18.8. The van der Waals surface area contributed by atoms with E-state index in [9.17, 15) is 5.11 Å². The summed E-state index contributed by atoms with van der Waals surface area (Å²) in [5, 5.41) is 15.2. The second-order valence-electron chi connectivity index (χ2n) is 7.91. The summed E-state index contributed by atoms with van der Waals surface area (Å²) in [7, 11) is 1.55. The van der Waals surface area contributed by atoms with E-state index in [-0.39, 0.29) is 0 Å². The molecule has 3 aromatic heterocycles. The van der Waals surface area contributed by atoms with Crippen LogP contribution in [-0.2, 0) is 6.54 Å². The van der Waals surface area contributed by atoms with Crippen LogP contribution in [0.1, 0.15) is 23.2 Å². The van der Waals surface area contributed by atoms with Gasteiger partial charge in [-0.25, -0.2) is 14.6 Å². The molecule has 3 N–H and O–H groups in total. The maximum absolute atomic E-state index is 9.61. The van der Waals surface area contributed by atoms with Crippen LogP contribution < -0.4 is 10.5 Å². The molecule has 0 aliphatic carbocycles. The second kappa shape index (κ2) is 8.50. The third-order valence-electron chi connectivity index (χ3n) is 5.66. The molecular formula is C25H24N6O2. The molecule has 2 aromatic carbocycles. The van der Waals surface area contributed by atoms with Gasteiger partial charge in [-0.3, -0.25) is 0 Å². The minimum absolute atomic E-state index is 0.359. The minimum Gasteiger partial charge on any atom is -0.467 e. The summed E-state index contributed by atoms with van der Waals surface area (Å²) in [4.78, 5) is 8.35. The van der Waals surface area contributed by atoms with E-state index >= 15 is 0 Å². The molecule has 1 unspecified atom stereocenters. The summed E-state index contributed by atoms with van der Waals surface area (Å²) >= 11 is 0. The molecule has 0 aliphatic rings. The molecule has 0 bridgehead atoms. The zero-order valence-electron chi connectivity index (χ0n) is 18.4. The van der Waals surface area contributed by atoms with Gasteiger partial charge in [0.1, 0.15) is 11.9 Å². The van der Waals surface area contributed by atoms with Gasteiger partial charge >= 0.3 is 6.01 Å². The standard InChI is InChI=1S/C25H24N6O2/c1-16-11-22(24(26)32)29-31(16)21-7-8-23-19(12-21)9-10-30(23)15-17-3-5-18(6-4-17)20-13-27-25(33-2)28-14-20/h3-14,24,32H,15,26H2,1-2H3. The Kier molecular flexibility index (Phi) is 5.37.